The summed E-state index contributed by atoms with van der Waals surface area (Å²) in [6.45, 7) is 2.73. The third-order valence-corrected chi connectivity index (χ3v) is 4.15. The molecule has 0 saturated carbocycles. The molecule has 1 aromatic rings. The van der Waals surface area contributed by atoms with Crippen LogP contribution in [0, 0.1) is 0 Å². The Labute approximate surface area is 116 Å². The number of benzene rings is 1. The van der Waals surface area contributed by atoms with E-state index in [-0.39, 0.29) is 5.91 Å². The summed E-state index contributed by atoms with van der Waals surface area (Å²) in [5.41, 5.74) is 0.266. The van der Waals surface area contributed by atoms with E-state index in [4.69, 9.17) is 16.3 Å². The molecule has 0 radical (unpaired) electrons. The largest absolute Gasteiger partial charge is 0.480 e. The SMILES string of the molecule is CCC1(O)CN(C(=O)C2Cc3cc(Cl)ccc3O2)C1. The molecule has 4 nitrogen and oxygen atoms in total. The summed E-state index contributed by atoms with van der Waals surface area (Å²) in [4.78, 5) is 13.9. The van der Waals surface area contributed by atoms with Crippen LogP contribution in [0.15, 0.2) is 18.2 Å². The van der Waals surface area contributed by atoms with Gasteiger partial charge in [0.1, 0.15) is 5.75 Å². The van der Waals surface area contributed by atoms with Crippen molar-refractivity contribution in [3.63, 3.8) is 0 Å². The van der Waals surface area contributed by atoms with Crippen LogP contribution < -0.4 is 4.74 Å². The first-order valence-electron chi connectivity index (χ1n) is 6.47. The fourth-order valence-electron chi connectivity index (χ4n) is 2.60. The molecule has 1 fully saturated rings. The number of ether oxygens (including phenoxy) is 1. The summed E-state index contributed by atoms with van der Waals surface area (Å²) in [6, 6.07) is 5.39. The highest BCUT2D eigenvalue weighted by molar-refractivity contribution is 6.30. The minimum atomic E-state index is -0.704. The van der Waals surface area contributed by atoms with Gasteiger partial charge in [-0.25, -0.2) is 0 Å². The van der Waals surface area contributed by atoms with Crippen molar-refractivity contribution < 1.29 is 14.6 Å². The van der Waals surface area contributed by atoms with Crippen LogP contribution in [0.1, 0.15) is 18.9 Å². The lowest BCUT2D eigenvalue weighted by Crippen LogP contribution is -2.65. The number of aliphatic hydroxyl groups is 1. The lowest BCUT2D eigenvalue weighted by molar-refractivity contribution is -0.162. The van der Waals surface area contributed by atoms with Crippen LogP contribution in [0.25, 0.3) is 0 Å². The topological polar surface area (TPSA) is 49.8 Å². The molecular weight excluding hydrogens is 266 g/mol. The summed E-state index contributed by atoms with van der Waals surface area (Å²) >= 11 is 5.92. The number of fused-ring (bicyclic) bond motifs is 1. The molecule has 5 heteroatoms. The first-order chi connectivity index (χ1) is 9.00. The summed E-state index contributed by atoms with van der Waals surface area (Å²) in [6.07, 6.45) is 0.739. The van der Waals surface area contributed by atoms with E-state index in [1.807, 2.05) is 13.0 Å². The second-order valence-corrected chi connectivity index (χ2v) is 5.77. The molecule has 0 spiro atoms. The summed E-state index contributed by atoms with van der Waals surface area (Å²) in [5, 5.41) is 10.6. The lowest BCUT2D eigenvalue weighted by Gasteiger charge is -2.46. The number of halogens is 1. The molecule has 3 rings (SSSR count). The number of carbonyl (C=O) groups is 1. The number of carbonyl (C=O) groups excluding carboxylic acids is 1. The van der Waals surface area contributed by atoms with E-state index in [1.165, 1.54) is 0 Å². The van der Waals surface area contributed by atoms with Crippen molar-refractivity contribution in [3.05, 3.63) is 28.8 Å². The highest BCUT2D eigenvalue weighted by atomic mass is 35.5. The van der Waals surface area contributed by atoms with Gasteiger partial charge in [-0.3, -0.25) is 4.79 Å². The Hall–Kier alpha value is -1.26. The number of likely N-dealkylation sites (tertiary alicyclic amines) is 1. The van der Waals surface area contributed by atoms with Crippen LogP contribution in [0.4, 0.5) is 0 Å². The fraction of sp³-hybridized carbons (Fsp3) is 0.500. The van der Waals surface area contributed by atoms with Gasteiger partial charge in [0.15, 0.2) is 6.10 Å². The Kier molecular flexibility index (Phi) is 2.95. The molecule has 0 bridgehead atoms. The van der Waals surface area contributed by atoms with Gasteiger partial charge in [0.2, 0.25) is 0 Å². The molecule has 1 aromatic carbocycles. The molecule has 1 atom stereocenters. The van der Waals surface area contributed by atoms with E-state index in [1.54, 1.807) is 17.0 Å². The number of hydrogen-bond acceptors (Lipinski definition) is 3. The number of nitrogens with zero attached hydrogens (tertiary/aromatic N) is 1. The molecular formula is C14H16ClNO3. The number of hydrogen-bond donors (Lipinski definition) is 1. The van der Waals surface area contributed by atoms with Crippen molar-refractivity contribution in [1.29, 1.82) is 0 Å². The average molecular weight is 282 g/mol. The molecule has 0 aliphatic carbocycles. The molecule has 2 aliphatic rings. The Morgan fingerprint density at radius 1 is 1.58 bits per heavy atom. The first kappa shape index (κ1) is 12.8. The Bertz CT molecular complexity index is 525. The van der Waals surface area contributed by atoms with Gasteiger partial charge < -0.3 is 14.7 Å². The third kappa shape index (κ3) is 2.19. The highest BCUT2D eigenvalue weighted by Crippen LogP contribution is 2.33. The van der Waals surface area contributed by atoms with Crippen LogP contribution >= 0.6 is 11.6 Å². The van der Waals surface area contributed by atoms with Gasteiger partial charge in [-0.05, 0) is 30.2 Å². The number of amides is 1. The maximum Gasteiger partial charge on any atom is 0.264 e. The van der Waals surface area contributed by atoms with Crippen molar-refractivity contribution in [2.75, 3.05) is 13.1 Å². The molecule has 102 valence electrons. The Morgan fingerprint density at radius 2 is 2.32 bits per heavy atom. The molecule has 2 heterocycles. The predicted molar refractivity (Wildman–Crippen MR) is 71.4 cm³/mol. The summed E-state index contributed by atoms with van der Waals surface area (Å²) < 4.78 is 5.65. The van der Waals surface area contributed by atoms with Crippen LogP contribution in [0.3, 0.4) is 0 Å². The molecule has 2 aliphatic heterocycles. The molecule has 19 heavy (non-hydrogen) atoms. The van der Waals surface area contributed by atoms with Crippen LogP contribution in [-0.4, -0.2) is 40.7 Å². The molecule has 1 N–H and O–H groups in total. The smallest absolute Gasteiger partial charge is 0.264 e. The Balaban J connectivity index is 1.66. The normalized spacial score (nSPS) is 23.5. The third-order valence-electron chi connectivity index (χ3n) is 3.91. The Morgan fingerprint density at radius 3 is 3.00 bits per heavy atom. The monoisotopic (exact) mass is 281 g/mol. The van der Waals surface area contributed by atoms with Crippen molar-refractivity contribution in [2.24, 2.45) is 0 Å². The minimum Gasteiger partial charge on any atom is -0.480 e. The van der Waals surface area contributed by atoms with Crippen LogP contribution in [0.2, 0.25) is 5.02 Å². The minimum absolute atomic E-state index is 0.0505. The zero-order valence-corrected chi connectivity index (χ0v) is 11.5. The van der Waals surface area contributed by atoms with Gasteiger partial charge in [0.05, 0.1) is 18.7 Å². The summed E-state index contributed by atoms with van der Waals surface area (Å²) in [7, 11) is 0. The van der Waals surface area contributed by atoms with E-state index in [9.17, 15) is 9.90 Å². The molecule has 1 amide bonds. The zero-order chi connectivity index (χ0) is 13.6. The van der Waals surface area contributed by atoms with E-state index in [0.29, 0.717) is 31.0 Å². The van der Waals surface area contributed by atoms with Crippen molar-refractivity contribution in [3.8, 4) is 5.75 Å². The van der Waals surface area contributed by atoms with E-state index in [0.717, 1.165) is 11.3 Å². The lowest BCUT2D eigenvalue weighted by atomic mass is 9.90. The fourth-order valence-corrected chi connectivity index (χ4v) is 2.80. The summed E-state index contributed by atoms with van der Waals surface area (Å²) in [5.74, 6) is 0.680. The standard InChI is InChI=1S/C14H16ClNO3/c1-2-14(18)7-16(8-14)13(17)12-6-9-5-10(15)3-4-11(9)19-12/h3-5,12,18H,2,6-8H2,1H3. The second kappa shape index (κ2) is 4.39. The first-order valence-corrected chi connectivity index (χ1v) is 6.85. The highest BCUT2D eigenvalue weighted by Gasteiger charge is 2.45. The van der Waals surface area contributed by atoms with Crippen molar-refractivity contribution in [1.82, 2.24) is 4.90 Å². The van der Waals surface area contributed by atoms with E-state index in [2.05, 4.69) is 0 Å². The molecule has 1 saturated heterocycles. The van der Waals surface area contributed by atoms with Crippen LogP contribution in [-0.2, 0) is 11.2 Å². The maximum atomic E-state index is 12.2. The van der Waals surface area contributed by atoms with Gasteiger partial charge >= 0.3 is 0 Å². The quantitative estimate of drug-likeness (QED) is 0.896. The van der Waals surface area contributed by atoms with Gasteiger partial charge in [-0.1, -0.05) is 18.5 Å². The van der Waals surface area contributed by atoms with Crippen molar-refractivity contribution in [2.45, 2.75) is 31.5 Å². The van der Waals surface area contributed by atoms with Gasteiger partial charge in [0.25, 0.3) is 5.91 Å². The molecule has 1 unspecified atom stereocenters. The van der Waals surface area contributed by atoms with Crippen LogP contribution in [0.5, 0.6) is 5.75 Å². The van der Waals surface area contributed by atoms with E-state index < -0.39 is 11.7 Å². The van der Waals surface area contributed by atoms with Gasteiger partial charge in [-0.15, -0.1) is 0 Å². The van der Waals surface area contributed by atoms with Gasteiger partial charge in [-0.2, -0.15) is 0 Å². The maximum absolute atomic E-state index is 12.2. The van der Waals surface area contributed by atoms with Gasteiger partial charge in [0, 0.05) is 11.4 Å². The van der Waals surface area contributed by atoms with Crippen molar-refractivity contribution >= 4 is 17.5 Å². The zero-order valence-electron chi connectivity index (χ0n) is 10.7. The molecule has 0 aromatic heterocycles. The number of rotatable bonds is 2. The number of β-amino-alcohol motifs (C(OH)–C–C–N with tert-alkyl or cyclic N) is 1. The predicted octanol–water partition coefficient (Wildman–Crippen LogP) is 1.63. The average Bonchev–Trinajstić information content (AvgIpc) is 2.77. The second-order valence-electron chi connectivity index (χ2n) is 5.33. The van der Waals surface area contributed by atoms with E-state index >= 15 is 0 Å².